The van der Waals surface area contributed by atoms with E-state index < -0.39 is 12.0 Å². The fourth-order valence-electron chi connectivity index (χ4n) is 2.36. The van der Waals surface area contributed by atoms with E-state index in [2.05, 4.69) is 17.4 Å². The van der Waals surface area contributed by atoms with Crippen LogP contribution in [0.1, 0.15) is 26.2 Å². The van der Waals surface area contributed by atoms with Gasteiger partial charge in [-0.1, -0.05) is 18.2 Å². The minimum absolute atomic E-state index is 0.0882. The Bertz CT molecular complexity index is 520. The van der Waals surface area contributed by atoms with E-state index in [-0.39, 0.29) is 18.5 Å². The summed E-state index contributed by atoms with van der Waals surface area (Å²) in [6.07, 6.45) is 2.86. The fourth-order valence-corrected chi connectivity index (χ4v) is 3.23. The molecule has 6 heteroatoms. The number of thioether (sulfide) groups is 1. The summed E-state index contributed by atoms with van der Waals surface area (Å²) in [6.45, 7) is 2.44. The number of benzene rings is 1. The van der Waals surface area contributed by atoms with Gasteiger partial charge in [0.2, 0.25) is 5.91 Å². The lowest BCUT2D eigenvalue weighted by Crippen LogP contribution is -2.46. The Morgan fingerprint density at radius 3 is 2.65 bits per heavy atom. The molecule has 0 saturated heterocycles. The number of hydrogen-bond donors (Lipinski definition) is 2. The van der Waals surface area contributed by atoms with Crippen molar-refractivity contribution in [1.29, 1.82) is 0 Å². The van der Waals surface area contributed by atoms with E-state index in [0.717, 1.165) is 25.0 Å². The second kappa shape index (κ2) is 8.93. The number of carboxylic acids is 1. The molecule has 1 aromatic carbocycles. The van der Waals surface area contributed by atoms with Gasteiger partial charge in [-0.05, 0) is 44.1 Å². The zero-order valence-electron chi connectivity index (χ0n) is 13.4. The van der Waals surface area contributed by atoms with Crippen LogP contribution >= 0.6 is 11.8 Å². The van der Waals surface area contributed by atoms with Crippen LogP contribution in [0.15, 0.2) is 35.2 Å². The van der Waals surface area contributed by atoms with Gasteiger partial charge in [0.15, 0.2) is 0 Å². The molecule has 5 nitrogen and oxygen atoms in total. The van der Waals surface area contributed by atoms with Gasteiger partial charge in [0.05, 0.1) is 6.54 Å². The molecule has 23 heavy (non-hydrogen) atoms. The Kier molecular flexibility index (Phi) is 6.92. The average molecular weight is 336 g/mol. The van der Waals surface area contributed by atoms with Crippen molar-refractivity contribution >= 4 is 23.6 Å². The van der Waals surface area contributed by atoms with Gasteiger partial charge in [-0.25, -0.2) is 0 Å². The number of amides is 1. The number of hydrogen-bond acceptors (Lipinski definition) is 4. The van der Waals surface area contributed by atoms with E-state index in [1.807, 2.05) is 18.2 Å². The topological polar surface area (TPSA) is 69.6 Å². The SMILES string of the molecule is CC(C(=O)O)N(CC(=O)NCCCSc1ccccc1)C1CC1. The molecule has 0 heterocycles. The lowest BCUT2D eigenvalue weighted by atomic mass is 10.2. The van der Waals surface area contributed by atoms with E-state index >= 15 is 0 Å². The van der Waals surface area contributed by atoms with Gasteiger partial charge in [-0.15, -0.1) is 11.8 Å². The van der Waals surface area contributed by atoms with Crippen LogP contribution in [-0.2, 0) is 9.59 Å². The lowest BCUT2D eigenvalue weighted by molar-refractivity contribution is -0.143. The van der Waals surface area contributed by atoms with Crippen molar-refractivity contribution in [3.05, 3.63) is 30.3 Å². The van der Waals surface area contributed by atoms with Gasteiger partial charge in [0.1, 0.15) is 6.04 Å². The van der Waals surface area contributed by atoms with E-state index in [1.165, 1.54) is 4.90 Å². The van der Waals surface area contributed by atoms with Crippen LogP contribution in [0, 0.1) is 0 Å². The van der Waals surface area contributed by atoms with E-state index in [0.29, 0.717) is 6.54 Å². The second-order valence-corrected chi connectivity index (χ2v) is 6.95. The molecular formula is C17H24N2O3S. The molecule has 1 saturated carbocycles. The van der Waals surface area contributed by atoms with Crippen molar-refractivity contribution in [2.75, 3.05) is 18.8 Å². The third-order valence-electron chi connectivity index (χ3n) is 3.85. The molecule has 1 atom stereocenters. The van der Waals surface area contributed by atoms with Gasteiger partial charge < -0.3 is 10.4 Å². The quantitative estimate of drug-likeness (QED) is 0.506. The smallest absolute Gasteiger partial charge is 0.320 e. The first-order chi connectivity index (χ1) is 11.1. The highest BCUT2D eigenvalue weighted by Crippen LogP contribution is 2.28. The third kappa shape index (κ3) is 6.23. The molecule has 0 bridgehead atoms. The number of aliphatic carboxylic acids is 1. The first-order valence-electron chi connectivity index (χ1n) is 8.01. The van der Waals surface area contributed by atoms with Crippen molar-refractivity contribution in [2.24, 2.45) is 0 Å². The molecule has 1 fully saturated rings. The van der Waals surface area contributed by atoms with Gasteiger partial charge in [-0.2, -0.15) is 0 Å². The Morgan fingerprint density at radius 2 is 2.04 bits per heavy atom. The van der Waals surface area contributed by atoms with Crippen molar-refractivity contribution in [3.8, 4) is 0 Å². The summed E-state index contributed by atoms with van der Waals surface area (Å²) >= 11 is 1.77. The van der Waals surface area contributed by atoms with Crippen LogP contribution in [0.5, 0.6) is 0 Å². The van der Waals surface area contributed by atoms with E-state index in [4.69, 9.17) is 5.11 Å². The molecule has 0 aliphatic heterocycles. The predicted octanol–water partition coefficient (Wildman–Crippen LogP) is 2.22. The molecule has 1 aliphatic rings. The number of carboxylic acid groups (broad SMARTS) is 1. The minimum Gasteiger partial charge on any atom is -0.480 e. The Balaban J connectivity index is 1.63. The summed E-state index contributed by atoms with van der Waals surface area (Å²) in [6, 6.07) is 9.81. The van der Waals surface area contributed by atoms with Crippen molar-refractivity contribution in [3.63, 3.8) is 0 Å². The standard InChI is InChI=1S/C17H24N2O3S/c1-13(17(21)22)19(14-8-9-14)12-16(20)18-10-5-11-23-15-6-3-2-4-7-15/h2-4,6-7,13-14H,5,8-12H2,1H3,(H,18,20)(H,21,22). The van der Waals surface area contributed by atoms with Crippen LogP contribution in [0.25, 0.3) is 0 Å². The highest BCUT2D eigenvalue weighted by molar-refractivity contribution is 7.99. The van der Waals surface area contributed by atoms with Gasteiger partial charge in [0, 0.05) is 17.5 Å². The summed E-state index contributed by atoms with van der Waals surface area (Å²) in [4.78, 5) is 26.1. The molecule has 2 N–H and O–H groups in total. The van der Waals surface area contributed by atoms with Crippen LogP contribution < -0.4 is 5.32 Å². The van der Waals surface area contributed by atoms with Gasteiger partial charge in [-0.3, -0.25) is 14.5 Å². The molecule has 126 valence electrons. The minimum atomic E-state index is -0.871. The van der Waals surface area contributed by atoms with Crippen molar-refractivity contribution < 1.29 is 14.7 Å². The largest absolute Gasteiger partial charge is 0.480 e. The summed E-state index contributed by atoms with van der Waals surface area (Å²) < 4.78 is 0. The molecule has 0 spiro atoms. The predicted molar refractivity (Wildman–Crippen MR) is 91.6 cm³/mol. The molecule has 1 unspecified atom stereocenters. The second-order valence-electron chi connectivity index (χ2n) is 5.78. The monoisotopic (exact) mass is 336 g/mol. The Hall–Kier alpha value is -1.53. The van der Waals surface area contributed by atoms with Crippen molar-refractivity contribution in [1.82, 2.24) is 10.2 Å². The van der Waals surface area contributed by atoms with Crippen molar-refractivity contribution in [2.45, 2.75) is 43.2 Å². The average Bonchev–Trinajstić information content (AvgIpc) is 3.37. The van der Waals surface area contributed by atoms with E-state index in [9.17, 15) is 9.59 Å². The number of rotatable bonds is 10. The molecule has 2 rings (SSSR count). The summed E-state index contributed by atoms with van der Waals surface area (Å²) in [5, 5.41) is 12.0. The molecule has 1 aliphatic carbocycles. The van der Waals surface area contributed by atoms with Crippen LogP contribution in [0.4, 0.5) is 0 Å². The summed E-state index contributed by atoms with van der Waals surface area (Å²) in [7, 11) is 0. The summed E-state index contributed by atoms with van der Waals surface area (Å²) in [5.74, 6) is -0.0130. The Morgan fingerprint density at radius 1 is 1.35 bits per heavy atom. The molecule has 0 radical (unpaired) electrons. The molecule has 1 amide bonds. The molecule has 1 aromatic rings. The fraction of sp³-hybridized carbons (Fsp3) is 0.529. The van der Waals surface area contributed by atoms with Crippen LogP contribution in [-0.4, -0.2) is 52.8 Å². The molecule has 0 aromatic heterocycles. The first-order valence-corrected chi connectivity index (χ1v) is 8.99. The Labute approximate surface area is 141 Å². The zero-order chi connectivity index (χ0) is 16.7. The maximum absolute atomic E-state index is 12.0. The van der Waals surface area contributed by atoms with Gasteiger partial charge in [0.25, 0.3) is 0 Å². The zero-order valence-corrected chi connectivity index (χ0v) is 14.2. The van der Waals surface area contributed by atoms with Crippen LogP contribution in [0.3, 0.4) is 0 Å². The number of nitrogens with one attached hydrogen (secondary N) is 1. The third-order valence-corrected chi connectivity index (χ3v) is 4.95. The van der Waals surface area contributed by atoms with Gasteiger partial charge >= 0.3 is 5.97 Å². The lowest BCUT2D eigenvalue weighted by Gasteiger charge is -2.25. The summed E-state index contributed by atoms with van der Waals surface area (Å²) in [5.41, 5.74) is 0. The van der Waals surface area contributed by atoms with E-state index in [1.54, 1.807) is 23.6 Å². The maximum atomic E-state index is 12.0. The number of nitrogens with zero attached hydrogens (tertiary/aromatic N) is 1. The maximum Gasteiger partial charge on any atom is 0.320 e. The highest BCUT2D eigenvalue weighted by Gasteiger charge is 2.35. The number of carbonyl (C=O) groups is 2. The highest BCUT2D eigenvalue weighted by atomic mass is 32.2. The number of carbonyl (C=O) groups excluding carboxylic acids is 1. The molecular weight excluding hydrogens is 312 g/mol. The van der Waals surface area contributed by atoms with Crippen LogP contribution in [0.2, 0.25) is 0 Å². The normalized spacial score (nSPS) is 15.4. The first kappa shape index (κ1) is 17.8.